The summed E-state index contributed by atoms with van der Waals surface area (Å²) >= 11 is 5.91. The SMILES string of the molecule is COc1cc(Cl)ccc1C(=O)C1=CCCCCC1. The Kier molecular flexibility index (Phi) is 4.43. The summed E-state index contributed by atoms with van der Waals surface area (Å²) < 4.78 is 5.24. The summed E-state index contributed by atoms with van der Waals surface area (Å²) in [7, 11) is 1.56. The van der Waals surface area contributed by atoms with E-state index in [0.29, 0.717) is 16.3 Å². The second kappa shape index (κ2) is 6.05. The van der Waals surface area contributed by atoms with Crippen LogP contribution < -0.4 is 4.74 Å². The summed E-state index contributed by atoms with van der Waals surface area (Å²) in [4.78, 5) is 12.5. The Morgan fingerprint density at radius 1 is 1.28 bits per heavy atom. The zero-order chi connectivity index (χ0) is 13.0. The van der Waals surface area contributed by atoms with Gasteiger partial charge in [0.05, 0.1) is 12.7 Å². The van der Waals surface area contributed by atoms with Crippen molar-refractivity contribution in [1.82, 2.24) is 0 Å². The summed E-state index contributed by atoms with van der Waals surface area (Å²) in [5.74, 6) is 0.628. The van der Waals surface area contributed by atoms with Gasteiger partial charge in [0.2, 0.25) is 0 Å². The fourth-order valence-corrected chi connectivity index (χ4v) is 2.41. The molecule has 0 unspecified atom stereocenters. The maximum absolute atomic E-state index is 12.5. The first-order valence-electron chi connectivity index (χ1n) is 6.29. The van der Waals surface area contributed by atoms with Gasteiger partial charge in [-0.25, -0.2) is 0 Å². The van der Waals surface area contributed by atoms with Gasteiger partial charge in [-0.3, -0.25) is 4.79 Å². The fraction of sp³-hybridized carbons (Fsp3) is 0.400. The van der Waals surface area contributed by atoms with Gasteiger partial charge in [-0.1, -0.05) is 24.1 Å². The molecule has 2 nitrogen and oxygen atoms in total. The van der Waals surface area contributed by atoms with E-state index < -0.39 is 0 Å². The zero-order valence-electron chi connectivity index (χ0n) is 10.5. The van der Waals surface area contributed by atoms with Crippen LogP contribution in [0.1, 0.15) is 42.5 Å². The third kappa shape index (κ3) is 2.94. The minimum Gasteiger partial charge on any atom is -0.496 e. The average Bonchev–Trinajstić information content (AvgIpc) is 2.66. The Hall–Kier alpha value is -1.28. The molecule has 3 heteroatoms. The molecule has 0 fully saturated rings. The van der Waals surface area contributed by atoms with Gasteiger partial charge in [0.1, 0.15) is 5.75 Å². The lowest BCUT2D eigenvalue weighted by atomic mass is 9.99. The highest BCUT2D eigenvalue weighted by Crippen LogP contribution is 2.28. The van der Waals surface area contributed by atoms with Crippen molar-refractivity contribution in [3.05, 3.63) is 40.4 Å². The van der Waals surface area contributed by atoms with Crippen LogP contribution in [-0.2, 0) is 0 Å². The fourth-order valence-electron chi connectivity index (χ4n) is 2.25. The molecule has 0 amide bonds. The lowest BCUT2D eigenvalue weighted by molar-refractivity contribution is 0.102. The van der Waals surface area contributed by atoms with Gasteiger partial charge in [0.15, 0.2) is 5.78 Å². The Bertz CT molecular complexity index is 477. The molecule has 0 spiro atoms. The van der Waals surface area contributed by atoms with E-state index in [9.17, 15) is 4.79 Å². The predicted octanol–water partition coefficient (Wildman–Crippen LogP) is 4.42. The number of methoxy groups -OCH3 is 1. The highest BCUT2D eigenvalue weighted by Gasteiger charge is 2.17. The summed E-state index contributed by atoms with van der Waals surface area (Å²) in [6.07, 6.45) is 7.40. The molecule has 2 rings (SSSR count). The molecule has 0 radical (unpaired) electrons. The van der Waals surface area contributed by atoms with Gasteiger partial charge in [0.25, 0.3) is 0 Å². The largest absolute Gasteiger partial charge is 0.496 e. The van der Waals surface area contributed by atoms with Crippen molar-refractivity contribution in [3.8, 4) is 5.75 Å². The molecule has 0 heterocycles. The normalized spacial score (nSPS) is 15.8. The monoisotopic (exact) mass is 264 g/mol. The summed E-state index contributed by atoms with van der Waals surface area (Å²) in [5.41, 5.74) is 1.52. The van der Waals surface area contributed by atoms with Crippen molar-refractivity contribution in [2.45, 2.75) is 32.1 Å². The van der Waals surface area contributed by atoms with Gasteiger partial charge in [-0.05, 0) is 49.5 Å². The van der Waals surface area contributed by atoms with Crippen LogP contribution in [0.3, 0.4) is 0 Å². The second-order valence-corrected chi connectivity index (χ2v) is 4.94. The predicted molar refractivity (Wildman–Crippen MR) is 73.5 cm³/mol. The third-order valence-electron chi connectivity index (χ3n) is 3.24. The smallest absolute Gasteiger partial charge is 0.192 e. The Morgan fingerprint density at radius 2 is 2.11 bits per heavy atom. The van der Waals surface area contributed by atoms with E-state index in [2.05, 4.69) is 6.08 Å². The Balaban J connectivity index is 2.30. The number of halogens is 1. The van der Waals surface area contributed by atoms with Gasteiger partial charge in [-0.2, -0.15) is 0 Å². The average molecular weight is 265 g/mol. The number of hydrogen-bond acceptors (Lipinski definition) is 2. The van der Waals surface area contributed by atoms with Crippen LogP contribution in [-0.4, -0.2) is 12.9 Å². The molecule has 0 N–H and O–H groups in total. The number of allylic oxidation sites excluding steroid dienone is 2. The minimum atomic E-state index is 0.0745. The van der Waals surface area contributed by atoms with Crippen LogP contribution in [0.15, 0.2) is 29.8 Å². The summed E-state index contributed by atoms with van der Waals surface area (Å²) in [6, 6.07) is 5.16. The number of rotatable bonds is 3. The summed E-state index contributed by atoms with van der Waals surface area (Å²) in [5, 5.41) is 0.582. The number of ketones is 1. The maximum atomic E-state index is 12.5. The highest BCUT2D eigenvalue weighted by molar-refractivity contribution is 6.31. The number of benzene rings is 1. The van der Waals surface area contributed by atoms with Crippen LogP contribution >= 0.6 is 11.6 Å². The number of carbonyl (C=O) groups is 1. The minimum absolute atomic E-state index is 0.0745. The van der Waals surface area contributed by atoms with Crippen LogP contribution in [0.25, 0.3) is 0 Å². The van der Waals surface area contributed by atoms with Crippen LogP contribution in [0.4, 0.5) is 0 Å². The standard InChI is InChI=1S/C15H17ClO2/c1-18-14-10-12(16)8-9-13(14)15(17)11-6-4-2-3-5-7-11/h6,8-10H,2-5,7H2,1H3. The van der Waals surface area contributed by atoms with Crippen LogP contribution in [0, 0.1) is 0 Å². The van der Waals surface area contributed by atoms with Crippen molar-refractivity contribution in [1.29, 1.82) is 0 Å². The number of ether oxygens (including phenoxy) is 1. The first kappa shape index (κ1) is 13.2. The quantitative estimate of drug-likeness (QED) is 0.756. The molecule has 0 aromatic heterocycles. The zero-order valence-corrected chi connectivity index (χ0v) is 11.3. The van der Waals surface area contributed by atoms with Gasteiger partial charge in [0, 0.05) is 5.02 Å². The molecule has 0 atom stereocenters. The molecular formula is C15H17ClO2. The summed E-state index contributed by atoms with van der Waals surface area (Å²) in [6.45, 7) is 0. The van der Waals surface area contributed by atoms with Crippen molar-refractivity contribution >= 4 is 17.4 Å². The first-order chi connectivity index (χ1) is 8.72. The Labute approximate surface area is 113 Å². The van der Waals surface area contributed by atoms with E-state index in [1.807, 2.05) is 0 Å². The molecule has 1 aliphatic rings. The van der Waals surface area contributed by atoms with Crippen molar-refractivity contribution in [3.63, 3.8) is 0 Å². The van der Waals surface area contributed by atoms with E-state index in [4.69, 9.17) is 16.3 Å². The lowest BCUT2D eigenvalue weighted by Crippen LogP contribution is -2.05. The van der Waals surface area contributed by atoms with E-state index in [1.165, 1.54) is 12.8 Å². The van der Waals surface area contributed by atoms with Crippen molar-refractivity contribution in [2.24, 2.45) is 0 Å². The molecule has 1 aliphatic carbocycles. The molecule has 18 heavy (non-hydrogen) atoms. The first-order valence-corrected chi connectivity index (χ1v) is 6.67. The van der Waals surface area contributed by atoms with Gasteiger partial charge >= 0.3 is 0 Å². The second-order valence-electron chi connectivity index (χ2n) is 4.50. The van der Waals surface area contributed by atoms with E-state index in [-0.39, 0.29) is 5.78 Å². The van der Waals surface area contributed by atoms with Crippen LogP contribution in [0.5, 0.6) is 5.75 Å². The van der Waals surface area contributed by atoms with E-state index in [0.717, 1.165) is 24.8 Å². The lowest BCUT2D eigenvalue weighted by Gasteiger charge is -2.09. The maximum Gasteiger partial charge on any atom is 0.192 e. The molecule has 0 saturated carbocycles. The highest BCUT2D eigenvalue weighted by atomic mass is 35.5. The van der Waals surface area contributed by atoms with Gasteiger partial charge in [-0.15, -0.1) is 0 Å². The molecule has 0 aliphatic heterocycles. The molecule has 0 bridgehead atoms. The Morgan fingerprint density at radius 3 is 2.89 bits per heavy atom. The third-order valence-corrected chi connectivity index (χ3v) is 3.48. The molecule has 1 aromatic carbocycles. The molecule has 96 valence electrons. The number of hydrogen-bond donors (Lipinski definition) is 0. The van der Waals surface area contributed by atoms with Crippen molar-refractivity contribution < 1.29 is 9.53 Å². The van der Waals surface area contributed by atoms with E-state index >= 15 is 0 Å². The number of carbonyl (C=O) groups excluding carboxylic acids is 1. The molecular weight excluding hydrogens is 248 g/mol. The molecule has 1 aromatic rings. The number of Topliss-reactive ketones (excluding diaryl/α,β-unsaturated/α-hetero) is 1. The van der Waals surface area contributed by atoms with Gasteiger partial charge < -0.3 is 4.74 Å². The molecule has 0 saturated heterocycles. The van der Waals surface area contributed by atoms with E-state index in [1.54, 1.807) is 25.3 Å². The van der Waals surface area contributed by atoms with Crippen molar-refractivity contribution in [2.75, 3.05) is 7.11 Å². The topological polar surface area (TPSA) is 26.3 Å². The van der Waals surface area contributed by atoms with Crippen LogP contribution in [0.2, 0.25) is 5.02 Å².